The maximum Gasteiger partial charge on any atom is 0.0949 e. The lowest BCUT2D eigenvalue weighted by atomic mass is 10.3. The van der Waals surface area contributed by atoms with E-state index in [0.29, 0.717) is 6.04 Å². The van der Waals surface area contributed by atoms with Gasteiger partial charge < -0.3 is 14.6 Å². The lowest BCUT2D eigenvalue weighted by Crippen LogP contribution is -2.29. The molecule has 0 aromatic carbocycles. The first-order valence-corrected chi connectivity index (χ1v) is 5.10. The maximum atomic E-state index is 5.19. The smallest absolute Gasteiger partial charge is 0.0949 e. The largest absolute Gasteiger partial charge is 0.382 e. The summed E-state index contributed by atoms with van der Waals surface area (Å²) in [7, 11) is 1.74. The van der Waals surface area contributed by atoms with Gasteiger partial charge in [0.2, 0.25) is 0 Å². The molecule has 0 saturated heterocycles. The zero-order valence-electron chi connectivity index (χ0n) is 8.52. The Labute approximate surface area is 84.3 Å². The van der Waals surface area contributed by atoms with E-state index >= 15 is 0 Å². The molecule has 1 fully saturated rings. The fraction of sp³-hybridized carbons (Fsp3) is 0.700. The van der Waals surface area contributed by atoms with Crippen molar-refractivity contribution in [3.8, 4) is 0 Å². The van der Waals surface area contributed by atoms with Gasteiger partial charge in [0.15, 0.2) is 0 Å². The molecule has 14 heavy (non-hydrogen) atoms. The highest BCUT2D eigenvalue weighted by Gasteiger charge is 2.22. The third kappa shape index (κ3) is 2.56. The third-order valence-corrected chi connectivity index (χ3v) is 2.53. The van der Waals surface area contributed by atoms with Crippen LogP contribution in [-0.4, -0.2) is 35.9 Å². The minimum Gasteiger partial charge on any atom is -0.382 e. The van der Waals surface area contributed by atoms with Gasteiger partial charge in [-0.25, -0.2) is 4.98 Å². The van der Waals surface area contributed by atoms with Crippen LogP contribution in [0.2, 0.25) is 0 Å². The van der Waals surface area contributed by atoms with Crippen molar-refractivity contribution in [1.82, 2.24) is 14.9 Å². The molecule has 1 aliphatic carbocycles. The normalized spacial score (nSPS) is 18.4. The lowest BCUT2D eigenvalue weighted by molar-refractivity contribution is 0.153. The second-order valence-electron chi connectivity index (χ2n) is 3.80. The van der Waals surface area contributed by atoms with E-state index in [9.17, 15) is 0 Å². The molecule has 0 aliphatic heterocycles. The number of ether oxygens (including phenoxy) is 1. The van der Waals surface area contributed by atoms with Crippen LogP contribution in [0.1, 0.15) is 18.9 Å². The first-order chi connectivity index (χ1) is 6.90. The summed E-state index contributed by atoms with van der Waals surface area (Å²) < 4.78 is 7.29. The molecular weight excluding hydrogens is 178 g/mol. The number of rotatable bonds is 6. The maximum absolute atomic E-state index is 5.19. The van der Waals surface area contributed by atoms with Gasteiger partial charge in [0.05, 0.1) is 19.0 Å². The first kappa shape index (κ1) is 9.68. The number of nitrogens with one attached hydrogen (secondary N) is 1. The average Bonchev–Trinajstić information content (AvgIpc) is 2.86. The van der Waals surface area contributed by atoms with E-state index in [1.54, 1.807) is 13.3 Å². The van der Waals surface area contributed by atoms with Crippen molar-refractivity contribution in [2.75, 3.05) is 20.3 Å². The van der Waals surface area contributed by atoms with Gasteiger partial charge in [0.25, 0.3) is 0 Å². The minimum atomic E-state index is 0.364. The van der Waals surface area contributed by atoms with Crippen molar-refractivity contribution in [2.24, 2.45) is 0 Å². The van der Waals surface area contributed by atoms with Gasteiger partial charge in [-0.05, 0) is 12.8 Å². The molecular formula is C10H17N3O. The van der Waals surface area contributed by atoms with E-state index in [0.717, 1.165) is 19.2 Å². The fourth-order valence-corrected chi connectivity index (χ4v) is 1.52. The Kier molecular flexibility index (Phi) is 3.16. The van der Waals surface area contributed by atoms with Crippen LogP contribution in [0.5, 0.6) is 0 Å². The van der Waals surface area contributed by atoms with Crippen LogP contribution in [0.3, 0.4) is 0 Å². The number of aromatic nitrogens is 2. The summed E-state index contributed by atoms with van der Waals surface area (Å²) in [6.45, 7) is 1.70. The van der Waals surface area contributed by atoms with E-state index in [-0.39, 0.29) is 0 Å². The zero-order chi connectivity index (χ0) is 9.80. The molecule has 78 valence electrons. The second-order valence-corrected chi connectivity index (χ2v) is 3.80. The standard InChI is InChI=1S/C10H17N3O/c1-14-7-10(6-12-9-2-3-9)13-5-4-11-8-13/h4-5,8-10,12H,2-3,6-7H2,1H3. The topological polar surface area (TPSA) is 39.1 Å². The Morgan fingerprint density at radius 1 is 1.64 bits per heavy atom. The monoisotopic (exact) mass is 195 g/mol. The molecule has 2 rings (SSSR count). The van der Waals surface area contributed by atoms with Gasteiger partial charge >= 0.3 is 0 Å². The summed E-state index contributed by atoms with van der Waals surface area (Å²) in [5.74, 6) is 0. The van der Waals surface area contributed by atoms with Crippen LogP contribution in [0.4, 0.5) is 0 Å². The van der Waals surface area contributed by atoms with E-state index in [2.05, 4.69) is 14.9 Å². The minimum absolute atomic E-state index is 0.364. The number of hydrogen-bond donors (Lipinski definition) is 1. The van der Waals surface area contributed by atoms with Crippen molar-refractivity contribution < 1.29 is 4.74 Å². The summed E-state index contributed by atoms with van der Waals surface area (Å²) in [5.41, 5.74) is 0. The summed E-state index contributed by atoms with van der Waals surface area (Å²) in [4.78, 5) is 4.05. The van der Waals surface area contributed by atoms with Crippen LogP contribution < -0.4 is 5.32 Å². The lowest BCUT2D eigenvalue weighted by Gasteiger charge is -2.17. The molecule has 0 radical (unpaired) electrons. The summed E-state index contributed by atoms with van der Waals surface area (Å²) >= 11 is 0. The summed E-state index contributed by atoms with van der Waals surface area (Å²) in [5, 5.41) is 3.50. The first-order valence-electron chi connectivity index (χ1n) is 5.10. The van der Waals surface area contributed by atoms with E-state index in [4.69, 9.17) is 4.74 Å². The van der Waals surface area contributed by atoms with E-state index < -0.39 is 0 Å². The highest BCUT2D eigenvalue weighted by molar-refractivity contribution is 4.86. The molecule has 4 nitrogen and oxygen atoms in total. The van der Waals surface area contributed by atoms with Gasteiger partial charge in [-0.15, -0.1) is 0 Å². The number of hydrogen-bond acceptors (Lipinski definition) is 3. The Hall–Kier alpha value is -0.870. The Morgan fingerprint density at radius 3 is 3.07 bits per heavy atom. The molecule has 1 aromatic heterocycles. The summed E-state index contributed by atoms with van der Waals surface area (Å²) in [6, 6.07) is 1.11. The molecule has 1 aromatic rings. The van der Waals surface area contributed by atoms with Crippen LogP contribution in [0.25, 0.3) is 0 Å². The van der Waals surface area contributed by atoms with Gasteiger partial charge in [-0.3, -0.25) is 0 Å². The molecule has 1 atom stereocenters. The molecule has 1 N–H and O–H groups in total. The van der Waals surface area contributed by atoms with Crippen LogP contribution in [0, 0.1) is 0 Å². The molecule has 1 unspecified atom stereocenters. The Morgan fingerprint density at radius 2 is 2.50 bits per heavy atom. The number of nitrogens with zero attached hydrogens (tertiary/aromatic N) is 2. The van der Waals surface area contributed by atoms with Crippen LogP contribution in [0.15, 0.2) is 18.7 Å². The predicted octanol–water partition coefficient (Wildman–Crippen LogP) is 0.823. The predicted molar refractivity (Wildman–Crippen MR) is 54.2 cm³/mol. The van der Waals surface area contributed by atoms with E-state index in [1.165, 1.54) is 12.8 Å². The van der Waals surface area contributed by atoms with Crippen LogP contribution >= 0.6 is 0 Å². The molecule has 0 spiro atoms. The van der Waals surface area contributed by atoms with Crippen molar-refractivity contribution in [1.29, 1.82) is 0 Å². The van der Waals surface area contributed by atoms with Crippen molar-refractivity contribution in [2.45, 2.75) is 24.9 Å². The molecule has 0 amide bonds. The molecule has 0 bridgehead atoms. The second kappa shape index (κ2) is 4.57. The van der Waals surface area contributed by atoms with Crippen molar-refractivity contribution in [3.05, 3.63) is 18.7 Å². The van der Waals surface area contributed by atoms with Crippen molar-refractivity contribution >= 4 is 0 Å². The highest BCUT2D eigenvalue weighted by Crippen LogP contribution is 2.19. The van der Waals surface area contributed by atoms with Gasteiger partial charge in [0.1, 0.15) is 0 Å². The fourth-order valence-electron chi connectivity index (χ4n) is 1.52. The Bertz CT molecular complexity index is 256. The zero-order valence-corrected chi connectivity index (χ0v) is 8.52. The highest BCUT2D eigenvalue weighted by atomic mass is 16.5. The third-order valence-electron chi connectivity index (χ3n) is 2.53. The van der Waals surface area contributed by atoms with Gasteiger partial charge in [-0.2, -0.15) is 0 Å². The average molecular weight is 195 g/mol. The quantitative estimate of drug-likeness (QED) is 0.730. The Balaban J connectivity index is 1.85. The van der Waals surface area contributed by atoms with Crippen molar-refractivity contribution in [3.63, 3.8) is 0 Å². The van der Waals surface area contributed by atoms with Gasteiger partial charge in [-0.1, -0.05) is 0 Å². The molecule has 1 heterocycles. The van der Waals surface area contributed by atoms with E-state index in [1.807, 2.05) is 12.5 Å². The molecule has 1 saturated carbocycles. The van der Waals surface area contributed by atoms with Crippen LogP contribution in [-0.2, 0) is 4.74 Å². The number of methoxy groups -OCH3 is 1. The van der Waals surface area contributed by atoms with Gasteiger partial charge in [0, 0.05) is 32.1 Å². The summed E-state index contributed by atoms with van der Waals surface area (Å²) in [6.07, 6.45) is 8.28. The SMILES string of the molecule is COCC(CNC1CC1)n1ccnc1. The molecule has 1 aliphatic rings. The number of imidazole rings is 1. The molecule has 4 heteroatoms.